The number of nitrogens with one attached hydrogen (secondary N) is 1. The summed E-state index contributed by atoms with van der Waals surface area (Å²) in [6.07, 6.45) is -0.983. The molecular formula is C41H44N2O8. The molecule has 0 unspecified atom stereocenters. The quantitative estimate of drug-likeness (QED) is 0.113. The van der Waals surface area contributed by atoms with Crippen LogP contribution in [-0.4, -0.2) is 60.8 Å². The molecule has 0 saturated heterocycles. The molecule has 0 fully saturated rings. The van der Waals surface area contributed by atoms with Crippen LogP contribution < -0.4 is 15.0 Å². The van der Waals surface area contributed by atoms with Crippen molar-refractivity contribution in [2.45, 2.75) is 58.2 Å². The van der Waals surface area contributed by atoms with E-state index in [1.54, 1.807) is 67.6 Å². The van der Waals surface area contributed by atoms with Gasteiger partial charge in [-0.05, 0) is 60.4 Å². The smallest absolute Gasteiger partial charge is 0.339 e. The number of hydrogen-bond donors (Lipinski definition) is 2. The van der Waals surface area contributed by atoms with Gasteiger partial charge in [-0.1, -0.05) is 80.6 Å². The lowest BCUT2D eigenvalue weighted by Gasteiger charge is -2.45. The Hall–Kier alpha value is -5.48. The van der Waals surface area contributed by atoms with E-state index in [4.69, 9.17) is 14.2 Å². The summed E-state index contributed by atoms with van der Waals surface area (Å²) < 4.78 is 17.7. The SMILES string of the molecule is CCOC(=O)C[C@H]1[C@H](OC(=O)c2ccccc2-c2ccccc2)[C@@H](NC(=O)CC(C)C)c2cc(OCCCO)ccc2N1C(=O)c1ccccc1. The Morgan fingerprint density at radius 2 is 1.57 bits per heavy atom. The van der Waals surface area contributed by atoms with E-state index in [0.717, 1.165) is 5.56 Å². The molecule has 51 heavy (non-hydrogen) atoms. The van der Waals surface area contributed by atoms with Crippen LogP contribution in [0.25, 0.3) is 11.1 Å². The largest absolute Gasteiger partial charge is 0.493 e. The van der Waals surface area contributed by atoms with Gasteiger partial charge in [-0.3, -0.25) is 14.4 Å². The van der Waals surface area contributed by atoms with Crippen molar-refractivity contribution in [3.8, 4) is 16.9 Å². The monoisotopic (exact) mass is 692 g/mol. The molecule has 0 saturated carbocycles. The Kier molecular flexibility index (Phi) is 12.6. The highest BCUT2D eigenvalue weighted by Gasteiger charge is 2.48. The number of benzene rings is 4. The van der Waals surface area contributed by atoms with Gasteiger partial charge >= 0.3 is 11.9 Å². The molecule has 3 atom stereocenters. The molecule has 0 spiro atoms. The fourth-order valence-electron chi connectivity index (χ4n) is 6.28. The van der Waals surface area contributed by atoms with E-state index in [1.807, 2.05) is 56.3 Å². The zero-order valence-electron chi connectivity index (χ0n) is 29.1. The lowest BCUT2D eigenvalue weighted by molar-refractivity contribution is -0.144. The predicted octanol–water partition coefficient (Wildman–Crippen LogP) is 6.53. The Morgan fingerprint density at radius 3 is 2.25 bits per heavy atom. The molecule has 0 bridgehead atoms. The maximum absolute atomic E-state index is 14.5. The predicted molar refractivity (Wildman–Crippen MR) is 193 cm³/mol. The number of esters is 2. The minimum atomic E-state index is -1.24. The Balaban J connectivity index is 1.69. The van der Waals surface area contributed by atoms with Gasteiger partial charge in [-0.25, -0.2) is 4.79 Å². The number of fused-ring (bicyclic) bond motifs is 1. The second-order valence-electron chi connectivity index (χ2n) is 12.7. The normalized spacial score (nSPS) is 16.6. The van der Waals surface area contributed by atoms with Gasteiger partial charge in [-0.15, -0.1) is 0 Å². The summed E-state index contributed by atoms with van der Waals surface area (Å²) in [5.74, 6) is -1.57. The standard InChI is InChI=1S/C41H44N2O8/c1-4-49-37(46)26-35-39(51-41(48)32-19-12-11-18-31(32)28-14-7-5-8-15-28)38(42-36(45)24-27(2)3)33-25-30(50-23-13-22-44)20-21-34(33)43(35)40(47)29-16-9-6-10-17-29/h5-12,14-21,25,27,35,38-39,44H,4,13,22-24,26H2,1-3H3,(H,42,45)/t35-,38-,39-/m0/s1. The van der Waals surface area contributed by atoms with E-state index in [0.29, 0.717) is 34.5 Å². The highest BCUT2D eigenvalue weighted by Crippen LogP contribution is 2.43. The average Bonchev–Trinajstić information content (AvgIpc) is 3.13. The van der Waals surface area contributed by atoms with Crippen molar-refractivity contribution in [2.24, 2.45) is 5.92 Å². The topological polar surface area (TPSA) is 131 Å². The lowest BCUT2D eigenvalue weighted by Crippen LogP contribution is -2.58. The lowest BCUT2D eigenvalue weighted by atomic mass is 9.85. The van der Waals surface area contributed by atoms with E-state index in [1.165, 1.54) is 4.90 Å². The van der Waals surface area contributed by atoms with E-state index in [-0.39, 0.29) is 50.1 Å². The van der Waals surface area contributed by atoms with E-state index < -0.39 is 36.0 Å². The van der Waals surface area contributed by atoms with Gasteiger partial charge in [0.2, 0.25) is 5.91 Å². The zero-order valence-corrected chi connectivity index (χ0v) is 29.1. The van der Waals surface area contributed by atoms with Crippen molar-refractivity contribution >= 4 is 29.4 Å². The highest BCUT2D eigenvalue weighted by molar-refractivity contribution is 6.08. The molecule has 4 aromatic rings. The zero-order chi connectivity index (χ0) is 36.3. The number of anilines is 1. The third-order valence-electron chi connectivity index (χ3n) is 8.51. The molecule has 0 aromatic heterocycles. The molecule has 4 aromatic carbocycles. The fourth-order valence-corrected chi connectivity index (χ4v) is 6.28. The molecule has 266 valence electrons. The van der Waals surface area contributed by atoms with Gasteiger partial charge in [0.25, 0.3) is 5.91 Å². The molecule has 10 heteroatoms. The Bertz CT molecular complexity index is 1810. The summed E-state index contributed by atoms with van der Waals surface area (Å²) >= 11 is 0. The molecular weight excluding hydrogens is 648 g/mol. The number of carbonyl (C=O) groups excluding carboxylic acids is 4. The maximum atomic E-state index is 14.5. The molecule has 0 aliphatic carbocycles. The second kappa shape index (κ2) is 17.4. The minimum absolute atomic E-state index is 0.0199. The third-order valence-corrected chi connectivity index (χ3v) is 8.51. The number of carbonyl (C=O) groups is 4. The number of aliphatic hydroxyl groups is 1. The van der Waals surface area contributed by atoms with Crippen LogP contribution in [0.2, 0.25) is 0 Å². The van der Waals surface area contributed by atoms with Crippen LogP contribution in [0.4, 0.5) is 5.69 Å². The van der Waals surface area contributed by atoms with Crippen molar-refractivity contribution in [2.75, 3.05) is 24.7 Å². The van der Waals surface area contributed by atoms with Crippen molar-refractivity contribution in [3.63, 3.8) is 0 Å². The summed E-state index contributed by atoms with van der Waals surface area (Å²) in [6.45, 7) is 5.80. The number of rotatable bonds is 14. The van der Waals surface area contributed by atoms with Crippen LogP contribution >= 0.6 is 0 Å². The van der Waals surface area contributed by atoms with Gasteiger partial charge in [0.1, 0.15) is 11.9 Å². The minimum Gasteiger partial charge on any atom is -0.493 e. The second-order valence-corrected chi connectivity index (χ2v) is 12.7. The Labute approximate surface area is 298 Å². The summed E-state index contributed by atoms with van der Waals surface area (Å²) in [4.78, 5) is 57.2. The van der Waals surface area contributed by atoms with Crippen molar-refractivity contribution in [1.29, 1.82) is 0 Å². The molecule has 1 aliphatic rings. The van der Waals surface area contributed by atoms with E-state index in [9.17, 15) is 24.3 Å². The number of nitrogens with zero attached hydrogens (tertiary/aromatic N) is 1. The molecule has 0 radical (unpaired) electrons. The first kappa shape index (κ1) is 36.8. The molecule has 2 N–H and O–H groups in total. The molecule has 1 aliphatic heterocycles. The van der Waals surface area contributed by atoms with Crippen LogP contribution in [-0.2, 0) is 19.1 Å². The number of hydrogen-bond acceptors (Lipinski definition) is 8. The summed E-state index contributed by atoms with van der Waals surface area (Å²) in [6, 6.07) is 28.1. The van der Waals surface area contributed by atoms with Crippen LogP contribution in [0.15, 0.2) is 103 Å². The van der Waals surface area contributed by atoms with Crippen molar-refractivity contribution in [3.05, 3.63) is 120 Å². The first-order valence-corrected chi connectivity index (χ1v) is 17.3. The van der Waals surface area contributed by atoms with Crippen LogP contribution in [0.3, 0.4) is 0 Å². The summed E-state index contributed by atoms with van der Waals surface area (Å²) in [5, 5.41) is 12.4. The van der Waals surface area contributed by atoms with Gasteiger partial charge in [0.15, 0.2) is 0 Å². The van der Waals surface area contributed by atoms with Gasteiger partial charge in [0.05, 0.1) is 43.0 Å². The summed E-state index contributed by atoms with van der Waals surface area (Å²) in [5.41, 5.74) is 2.94. The molecule has 2 amide bonds. The van der Waals surface area contributed by atoms with E-state index in [2.05, 4.69) is 5.32 Å². The molecule has 10 nitrogen and oxygen atoms in total. The number of amides is 2. The fraction of sp³-hybridized carbons (Fsp3) is 0.317. The highest BCUT2D eigenvalue weighted by atomic mass is 16.5. The summed E-state index contributed by atoms with van der Waals surface area (Å²) in [7, 11) is 0. The first-order valence-electron chi connectivity index (χ1n) is 17.3. The van der Waals surface area contributed by atoms with Crippen molar-refractivity contribution < 1.29 is 38.5 Å². The van der Waals surface area contributed by atoms with Gasteiger partial charge < -0.3 is 29.5 Å². The van der Waals surface area contributed by atoms with Gasteiger partial charge in [0, 0.05) is 30.6 Å². The van der Waals surface area contributed by atoms with Crippen LogP contribution in [0, 0.1) is 5.92 Å². The van der Waals surface area contributed by atoms with E-state index >= 15 is 0 Å². The van der Waals surface area contributed by atoms with Crippen LogP contribution in [0.1, 0.15) is 72.4 Å². The third kappa shape index (κ3) is 9.01. The molecule has 1 heterocycles. The van der Waals surface area contributed by atoms with Crippen LogP contribution in [0.5, 0.6) is 5.75 Å². The molecule has 5 rings (SSSR count). The van der Waals surface area contributed by atoms with Crippen molar-refractivity contribution in [1.82, 2.24) is 5.32 Å². The average molecular weight is 693 g/mol. The first-order chi connectivity index (χ1) is 24.7. The van der Waals surface area contributed by atoms with Gasteiger partial charge in [-0.2, -0.15) is 0 Å². The maximum Gasteiger partial charge on any atom is 0.339 e. The number of aliphatic hydroxyl groups excluding tert-OH is 1. The Morgan fingerprint density at radius 1 is 0.882 bits per heavy atom. The number of ether oxygens (including phenoxy) is 3.